The number of hydrogen-bond donors (Lipinski definition) is 2. The van der Waals surface area contributed by atoms with Gasteiger partial charge in [0.05, 0.1) is 0 Å². The summed E-state index contributed by atoms with van der Waals surface area (Å²) in [6.07, 6.45) is 0. The van der Waals surface area contributed by atoms with E-state index >= 15 is 0 Å². The number of hydrogen-bond acceptors (Lipinski definition) is 4. The summed E-state index contributed by atoms with van der Waals surface area (Å²) in [7, 11) is 0. The number of benzene rings is 1. The van der Waals surface area contributed by atoms with Gasteiger partial charge in [0.1, 0.15) is 5.75 Å². The standard InChI is InChI=1S/C14H15NO4/c1-7(2)9-5-10(8(3)4-12(9)16)13-6-11(14(17)18)15-19-13/h4-7,16H,1-3H3,(H,17,18). The predicted octanol–water partition coefficient (Wildman–Crippen LogP) is 3.18. The summed E-state index contributed by atoms with van der Waals surface area (Å²) < 4.78 is 5.05. The van der Waals surface area contributed by atoms with Crippen LogP contribution in [0.2, 0.25) is 0 Å². The highest BCUT2D eigenvalue weighted by atomic mass is 16.5. The smallest absolute Gasteiger partial charge is 0.358 e. The van der Waals surface area contributed by atoms with Crippen molar-refractivity contribution in [2.24, 2.45) is 0 Å². The number of nitrogens with zero attached hydrogens (tertiary/aromatic N) is 1. The summed E-state index contributed by atoms with van der Waals surface area (Å²) in [6.45, 7) is 5.76. The molecule has 2 N–H and O–H groups in total. The molecule has 0 aliphatic heterocycles. The van der Waals surface area contributed by atoms with Gasteiger partial charge in [-0.3, -0.25) is 0 Å². The summed E-state index contributed by atoms with van der Waals surface area (Å²) in [5.74, 6) is -0.359. The Hall–Kier alpha value is -2.30. The van der Waals surface area contributed by atoms with Gasteiger partial charge in [-0.25, -0.2) is 4.79 Å². The average Bonchev–Trinajstić information content (AvgIpc) is 2.77. The monoisotopic (exact) mass is 261 g/mol. The molecule has 0 saturated carbocycles. The first kappa shape index (κ1) is 13.1. The zero-order valence-corrected chi connectivity index (χ0v) is 11.0. The van der Waals surface area contributed by atoms with E-state index in [1.54, 1.807) is 6.07 Å². The largest absolute Gasteiger partial charge is 0.508 e. The van der Waals surface area contributed by atoms with E-state index in [1.807, 2.05) is 26.8 Å². The van der Waals surface area contributed by atoms with Crippen molar-refractivity contribution in [1.29, 1.82) is 0 Å². The minimum absolute atomic E-state index is 0.131. The van der Waals surface area contributed by atoms with Gasteiger partial charge < -0.3 is 14.7 Å². The van der Waals surface area contributed by atoms with Crippen LogP contribution in [0.1, 0.15) is 41.4 Å². The van der Waals surface area contributed by atoms with Crippen LogP contribution in [-0.2, 0) is 0 Å². The van der Waals surface area contributed by atoms with Gasteiger partial charge in [0.25, 0.3) is 0 Å². The molecule has 2 rings (SSSR count). The molecule has 19 heavy (non-hydrogen) atoms. The number of aryl methyl sites for hydroxylation is 1. The molecule has 0 spiro atoms. The molecule has 0 atom stereocenters. The summed E-state index contributed by atoms with van der Waals surface area (Å²) in [4.78, 5) is 10.8. The molecule has 0 aliphatic rings. The fourth-order valence-corrected chi connectivity index (χ4v) is 1.94. The third kappa shape index (κ3) is 2.45. The van der Waals surface area contributed by atoms with Crippen LogP contribution in [0.4, 0.5) is 0 Å². The topological polar surface area (TPSA) is 83.6 Å². The minimum Gasteiger partial charge on any atom is -0.508 e. The Balaban J connectivity index is 2.54. The van der Waals surface area contributed by atoms with Crippen molar-refractivity contribution in [1.82, 2.24) is 5.16 Å². The predicted molar refractivity (Wildman–Crippen MR) is 69.4 cm³/mol. The Morgan fingerprint density at radius 2 is 2.00 bits per heavy atom. The van der Waals surface area contributed by atoms with Gasteiger partial charge in [0, 0.05) is 11.6 Å². The first-order valence-electron chi connectivity index (χ1n) is 5.94. The molecule has 0 unspecified atom stereocenters. The van der Waals surface area contributed by atoms with Crippen LogP contribution < -0.4 is 0 Å². The van der Waals surface area contributed by atoms with Crippen molar-refractivity contribution in [3.05, 3.63) is 35.0 Å². The van der Waals surface area contributed by atoms with E-state index in [0.29, 0.717) is 5.76 Å². The van der Waals surface area contributed by atoms with E-state index in [0.717, 1.165) is 16.7 Å². The minimum atomic E-state index is -1.13. The molecule has 5 heteroatoms. The molecule has 100 valence electrons. The average molecular weight is 261 g/mol. The van der Waals surface area contributed by atoms with Gasteiger partial charge in [-0.15, -0.1) is 0 Å². The first-order valence-corrected chi connectivity index (χ1v) is 5.94. The molecule has 2 aromatic rings. The number of aromatic hydroxyl groups is 1. The summed E-state index contributed by atoms with van der Waals surface area (Å²) in [6, 6.07) is 4.83. The molecular weight excluding hydrogens is 246 g/mol. The van der Waals surface area contributed by atoms with Crippen LogP contribution in [0.3, 0.4) is 0 Å². The number of phenolic OH excluding ortho intramolecular Hbond substituents is 1. The third-order valence-electron chi connectivity index (χ3n) is 2.99. The molecule has 1 aromatic carbocycles. The Bertz CT molecular complexity index is 628. The fraction of sp³-hybridized carbons (Fsp3) is 0.286. The maximum absolute atomic E-state index is 10.8. The molecule has 0 amide bonds. The van der Waals surface area contributed by atoms with E-state index < -0.39 is 5.97 Å². The summed E-state index contributed by atoms with van der Waals surface area (Å²) in [5.41, 5.74) is 2.19. The summed E-state index contributed by atoms with van der Waals surface area (Å²) >= 11 is 0. The van der Waals surface area contributed by atoms with E-state index in [2.05, 4.69) is 5.16 Å². The second kappa shape index (κ2) is 4.76. The van der Waals surface area contributed by atoms with Gasteiger partial charge in [-0.2, -0.15) is 0 Å². The van der Waals surface area contributed by atoms with Gasteiger partial charge in [-0.1, -0.05) is 19.0 Å². The quantitative estimate of drug-likeness (QED) is 0.886. The van der Waals surface area contributed by atoms with Gasteiger partial charge in [-0.05, 0) is 36.1 Å². The number of carboxylic acids is 1. The molecule has 0 radical (unpaired) electrons. The second-order valence-electron chi connectivity index (χ2n) is 4.76. The SMILES string of the molecule is Cc1cc(O)c(C(C)C)cc1-c1cc(C(=O)O)no1. The number of carboxylic acid groups (broad SMARTS) is 1. The number of phenols is 1. The van der Waals surface area contributed by atoms with Crippen molar-refractivity contribution in [3.8, 4) is 17.1 Å². The molecular formula is C14H15NO4. The maximum Gasteiger partial charge on any atom is 0.358 e. The molecule has 0 saturated heterocycles. The highest BCUT2D eigenvalue weighted by Gasteiger charge is 2.16. The normalized spacial score (nSPS) is 10.9. The van der Waals surface area contributed by atoms with Crippen LogP contribution in [-0.4, -0.2) is 21.3 Å². The van der Waals surface area contributed by atoms with Crippen LogP contribution in [0.15, 0.2) is 22.7 Å². The molecule has 5 nitrogen and oxygen atoms in total. The Kier molecular flexibility index (Phi) is 3.29. The number of aromatic nitrogens is 1. The summed E-state index contributed by atoms with van der Waals surface area (Å²) in [5, 5.41) is 22.2. The van der Waals surface area contributed by atoms with Crippen LogP contribution in [0.25, 0.3) is 11.3 Å². The highest BCUT2D eigenvalue weighted by Crippen LogP contribution is 2.33. The number of aromatic carboxylic acids is 1. The van der Waals surface area contributed by atoms with Crippen molar-refractivity contribution < 1.29 is 19.5 Å². The van der Waals surface area contributed by atoms with Gasteiger partial charge in [0.15, 0.2) is 11.5 Å². The fourth-order valence-electron chi connectivity index (χ4n) is 1.94. The highest BCUT2D eigenvalue weighted by molar-refractivity contribution is 5.86. The van der Waals surface area contributed by atoms with Gasteiger partial charge >= 0.3 is 5.97 Å². The van der Waals surface area contributed by atoms with E-state index in [4.69, 9.17) is 9.63 Å². The van der Waals surface area contributed by atoms with E-state index in [9.17, 15) is 9.90 Å². The molecule has 1 aromatic heterocycles. The molecule has 1 heterocycles. The first-order chi connectivity index (χ1) is 8.90. The van der Waals surface area contributed by atoms with Crippen LogP contribution >= 0.6 is 0 Å². The lowest BCUT2D eigenvalue weighted by atomic mass is 9.95. The lowest BCUT2D eigenvalue weighted by Gasteiger charge is -2.11. The van der Waals surface area contributed by atoms with E-state index in [1.165, 1.54) is 6.07 Å². The van der Waals surface area contributed by atoms with Crippen molar-refractivity contribution >= 4 is 5.97 Å². The third-order valence-corrected chi connectivity index (χ3v) is 2.99. The van der Waals surface area contributed by atoms with Crippen molar-refractivity contribution in [2.75, 3.05) is 0 Å². The molecule has 0 aliphatic carbocycles. The molecule has 0 bridgehead atoms. The Labute approximate surface area is 110 Å². The Morgan fingerprint density at radius 3 is 2.53 bits per heavy atom. The maximum atomic E-state index is 10.8. The Morgan fingerprint density at radius 1 is 1.32 bits per heavy atom. The zero-order valence-electron chi connectivity index (χ0n) is 11.0. The number of carbonyl (C=O) groups is 1. The molecule has 0 fully saturated rings. The zero-order chi connectivity index (χ0) is 14.2. The van der Waals surface area contributed by atoms with Crippen LogP contribution in [0, 0.1) is 6.92 Å². The van der Waals surface area contributed by atoms with Gasteiger partial charge in [0.2, 0.25) is 0 Å². The van der Waals surface area contributed by atoms with Crippen LogP contribution in [0.5, 0.6) is 5.75 Å². The van der Waals surface area contributed by atoms with Crippen molar-refractivity contribution in [3.63, 3.8) is 0 Å². The lowest BCUT2D eigenvalue weighted by molar-refractivity contribution is 0.0686. The number of rotatable bonds is 3. The van der Waals surface area contributed by atoms with Crippen molar-refractivity contribution in [2.45, 2.75) is 26.7 Å². The van der Waals surface area contributed by atoms with E-state index in [-0.39, 0.29) is 17.4 Å². The second-order valence-corrected chi connectivity index (χ2v) is 4.76. The lowest BCUT2D eigenvalue weighted by Crippen LogP contribution is -1.94.